The second-order valence-corrected chi connectivity index (χ2v) is 6.21. The number of halogens is 1. The van der Waals surface area contributed by atoms with E-state index in [1.54, 1.807) is 6.07 Å². The van der Waals surface area contributed by atoms with Crippen molar-refractivity contribution in [3.63, 3.8) is 0 Å². The van der Waals surface area contributed by atoms with E-state index in [1.807, 2.05) is 6.92 Å². The number of benzene rings is 2. The van der Waals surface area contributed by atoms with Crippen molar-refractivity contribution in [3.05, 3.63) is 77.8 Å². The molecule has 0 heterocycles. The quantitative estimate of drug-likeness (QED) is 0.363. The lowest BCUT2D eigenvalue weighted by Crippen LogP contribution is -2.06. The van der Waals surface area contributed by atoms with Crippen LogP contribution in [0.4, 0.5) is 11.4 Å². The summed E-state index contributed by atoms with van der Waals surface area (Å²) in [6.07, 6.45) is 0.627. The van der Waals surface area contributed by atoms with Crippen molar-refractivity contribution in [2.45, 2.75) is 13.3 Å². The van der Waals surface area contributed by atoms with Crippen LogP contribution < -0.4 is 0 Å². The maximum atomic E-state index is 11.3. The predicted molar refractivity (Wildman–Crippen MR) is 106 cm³/mol. The van der Waals surface area contributed by atoms with Crippen LogP contribution in [0.3, 0.4) is 0 Å². The number of non-ortho nitro benzene ring substituents is 2. The van der Waals surface area contributed by atoms with Crippen molar-refractivity contribution < 1.29 is 28.9 Å². The lowest BCUT2D eigenvalue weighted by molar-refractivity contribution is -0.385. The van der Waals surface area contributed by atoms with Crippen LogP contribution in [-0.4, -0.2) is 36.0 Å². The average Bonchev–Trinajstić information content (AvgIpc) is 2.72. The first-order valence-electron chi connectivity index (χ1n) is 8.04. The summed E-state index contributed by atoms with van der Waals surface area (Å²) in [5.41, 5.74) is 0.893. The number of nitro groups is 2. The Kier molecular flexibility index (Phi) is 8.87. The Morgan fingerprint density at radius 3 is 1.79 bits per heavy atom. The van der Waals surface area contributed by atoms with Crippen molar-refractivity contribution in [1.29, 1.82) is 0 Å². The Bertz CT molecular complexity index is 945. The summed E-state index contributed by atoms with van der Waals surface area (Å²) >= 11 is 3.10. The molecule has 0 aliphatic rings. The lowest BCUT2D eigenvalue weighted by atomic mass is 10.0. The van der Waals surface area contributed by atoms with Gasteiger partial charge in [0.05, 0.1) is 35.2 Å². The van der Waals surface area contributed by atoms with Gasteiger partial charge in [0.25, 0.3) is 11.4 Å². The summed E-state index contributed by atoms with van der Waals surface area (Å²) in [7, 11) is 2.47. The number of hydrogen-bond acceptors (Lipinski definition) is 8. The first kappa shape index (κ1) is 23.7. The van der Waals surface area contributed by atoms with Crippen molar-refractivity contribution >= 4 is 39.2 Å². The van der Waals surface area contributed by atoms with Gasteiger partial charge in [-0.15, -0.1) is 0 Å². The fraction of sp³-hybridized carbons (Fsp3) is 0.222. The molecular formula is C18H17BrN2O8. The summed E-state index contributed by atoms with van der Waals surface area (Å²) in [4.78, 5) is 42.3. The van der Waals surface area contributed by atoms with Crippen LogP contribution in [0, 0.1) is 20.2 Å². The highest BCUT2D eigenvalue weighted by atomic mass is 79.9. The number of hydrogen-bond donors (Lipinski definition) is 0. The van der Waals surface area contributed by atoms with E-state index in [0.29, 0.717) is 10.9 Å². The van der Waals surface area contributed by atoms with E-state index < -0.39 is 21.8 Å². The molecule has 29 heavy (non-hydrogen) atoms. The van der Waals surface area contributed by atoms with E-state index in [0.717, 1.165) is 11.6 Å². The van der Waals surface area contributed by atoms with Crippen molar-refractivity contribution in [3.8, 4) is 0 Å². The molecule has 0 aromatic heterocycles. The molecule has 0 aliphatic carbocycles. The standard InChI is InChI=1S/C10H11NO4.C8H6BrNO4/c1-3-7-4-5-8(11(13)14)6-9(7)10(12)15-2;1-14-8(11)6-4-5(10(12)13)2-3-7(6)9/h4-6H,3H2,1-2H3;2-4H,1H3. The molecule has 0 fully saturated rings. The predicted octanol–water partition coefficient (Wildman–Crippen LogP) is 4.09. The van der Waals surface area contributed by atoms with Gasteiger partial charge < -0.3 is 9.47 Å². The van der Waals surface area contributed by atoms with Gasteiger partial charge in [-0.2, -0.15) is 0 Å². The summed E-state index contributed by atoms with van der Waals surface area (Å²) in [6.45, 7) is 1.87. The highest BCUT2D eigenvalue weighted by Crippen LogP contribution is 2.23. The second-order valence-electron chi connectivity index (χ2n) is 5.36. The van der Waals surface area contributed by atoms with Crippen molar-refractivity contribution in [1.82, 2.24) is 0 Å². The van der Waals surface area contributed by atoms with Gasteiger partial charge in [0.1, 0.15) is 0 Å². The van der Waals surface area contributed by atoms with E-state index in [-0.39, 0.29) is 22.5 Å². The van der Waals surface area contributed by atoms with Crippen LogP contribution in [-0.2, 0) is 15.9 Å². The molecule has 0 aliphatic heterocycles. The molecule has 0 amide bonds. The zero-order valence-corrected chi connectivity index (χ0v) is 17.3. The number of rotatable bonds is 5. The minimum Gasteiger partial charge on any atom is -0.465 e. The van der Waals surface area contributed by atoms with Gasteiger partial charge in [-0.05, 0) is 34.0 Å². The normalized spacial score (nSPS) is 9.66. The summed E-state index contributed by atoms with van der Waals surface area (Å²) in [5, 5.41) is 20.9. The minimum absolute atomic E-state index is 0.104. The zero-order chi connectivity index (χ0) is 22.1. The molecule has 2 rings (SSSR count). The fourth-order valence-electron chi connectivity index (χ4n) is 2.18. The van der Waals surface area contributed by atoms with E-state index in [2.05, 4.69) is 25.4 Å². The SMILES string of the molecule is CCc1ccc([N+](=O)[O-])cc1C(=O)OC.COC(=O)c1cc([N+](=O)[O-])ccc1Br. The molecule has 2 aromatic carbocycles. The van der Waals surface area contributed by atoms with E-state index in [9.17, 15) is 29.8 Å². The maximum absolute atomic E-state index is 11.3. The Morgan fingerprint density at radius 1 is 0.897 bits per heavy atom. The van der Waals surface area contributed by atoms with Crippen LogP contribution in [0.1, 0.15) is 33.2 Å². The number of esters is 2. The Balaban J connectivity index is 0.000000291. The van der Waals surface area contributed by atoms with Gasteiger partial charge in [0.15, 0.2) is 0 Å². The number of carbonyl (C=O) groups excluding carboxylic acids is 2. The first-order chi connectivity index (χ1) is 13.7. The van der Waals surface area contributed by atoms with Gasteiger partial charge >= 0.3 is 11.9 Å². The summed E-state index contributed by atoms with van der Waals surface area (Å²) in [5.74, 6) is -1.16. The van der Waals surface area contributed by atoms with Crippen LogP contribution in [0.5, 0.6) is 0 Å². The molecule has 0 saturated carbocycles. The Morgan fingerprint density at radius 2 is 1.34 bits per heavy atom. The van der Waals surface area contributed by atoms with Crippen molar-refractivity contribution in [2.75, 3.05) is 14.2 Å². The Hall–Kier alpha value is -3.34. The molecule has 0 atom stereocenters. The van der Waals surface area contributed by atoms with Crippen molar-refractivity contribution in [2.24, 2.45) is 0 Å². The molecule has 2 aromatic rings. The number of carbonyl (C=O) groups is 2. The van der Waals surface area contributed by atoms with Crippen LogP contribution in [0.25, 0.3) is 0 Å². The number of aryl methyl sites for hydroxylation is 1. The topological polar surface area (TPSA) is 139 Å². The van der Waals surface area contributed by atoms with E-state index in [4.69, 9.17) is 0 Å². The highest BCUT2D eigenvalue weighted by Gasteiger charge is 2.16. The molecule has 0 unspecified atom stereocenters. The largest absolute Gasteiger partial charge is 0.465 e. The second kappa shape index (κ2) is 10.9. The van der Waals surface area contributed by atoms with Gasteiger partial charge in [0.2, 0.25) is 0 Å². The summed E-state index contributed by atoms with van der Waals surface area (Å²) < 4.78 is 9.48. The zero-order valence-electron chi connectivity index (χ0n) is 15.7. The number of nitro benzene ring substituents is 2. The molecule has 0 radical (unpaired) electrons. The first-order valence-corrected chi connectivity index (χ1v) is 8.83. The van der Waals surface area contributed by atoms with Crippen LogP contribution in [0.2, 0.25) is 0 Å². The Labute approximate surface area is 173 Å². The number of ether oxygens (including phenoxy) is 2. The van der Waals surface area contributed by atoms with E-state index in [1.165, 1.54) is 38.5 Å². The fourth-order valence-corrected chi connectivity index (χ4v) is 2.59. The molecule has 0 N–H and O–H groups in total. The third-order valence-electron chi connectivity index (χ3n) is 3.66. The molecule has 0 bridgehead atoms. The molecule has 0 saturated heterocycles. The maximum Gasteiger partial charge on any atom is 0.339 e. The number of methoxy groups -OCH3 is 2. The van der Waals surface area contributed by atoms with Crippen LogP contribution >= 0.6 is 15.9 Å². The van der Waals surface area contributed by atoms with Gasteiger partial charge in [-0.1, -0.05) is 13.0 Å². The third kappa shape index (κ3) is 6.35. The van der Waals surface area contributed by atoms with E-state index >= 15 is 0 Å². The molecule has 0 spiro atoms. The highest BCUT2D eigenvalue weighted by molar-refractivity contribution is 9.10. The van der Waals surface area contributed by atoms with Crippen LogP contribution in [0.15, 0.2) is 40.9 Å². The lowest BCUT2D eigenvalue weighted by Gasteiger charge is -2.04. The molecule has 154 valence electrons. The molecular weight excluding hydrogens is 452 g/mol. The number of nitrogens with zero attached hydrogens (tertiary/aromatic N) is 2. The molecule has 11 heteroatoms. The minimum atomic E-state index is -0.611. The average molecular weight is 469 g/mol. The smallest absolute Gasteiger partial charge is 0.339 e. The van der Waals surface area contributed by atoms with Gasteiger partial charge in [-0.25, -0.2) is 9.59 Å². The monoisotopic (exact) mass is 468 g/mol. The van der Waals surface area contributed by atoms with Gasteiger partial charge in [0, 0.05) is 28.7 Å². The third-order valence-corrected chi connectivity index (χ3v) is 4.35. The summed E-state index contributed by atoms with van der Waals surface area (Å²) in [6, 6.07) is 8.09. The van der Waals surface area contributed by atoms with Gasteiger partial charge in [-0.3, -0.25) is 20.2 Å². The molecule has 10 nitrogen and oxygen atoms in total.